The van der Waals surface area contributed by atoms with Crippen LogP contribution in [0.2, 0.25) is 0 Å². The first-order valence-electron chi connectivity index (χ1n) is 6.08. The second kappa shape index (κ2) is 5.71. The monoisotopic (exact) mass is 284 g/mol. The molecule has 2 rings (SSSR count). The molecule has 1 aliphatic heterocycles. The van der Waals surface area contributed by atoms with E-state index in [0.717, 1.165) is 5.56 Å². The largest absolute Gasteiger partial charge is 0.394 e. The van der Waals surface area contributed by atoms with Crippen molar-refractivity contribution in [2.45, 2.75) is 31.5 Å². The highest BCUT2D eigenvalue weighted by Gasteiger charge is 2.42. The van der Waals surface area contributed by atoms with E-state index in [1.807, 2.05) is 0 Å². The van der Waals surface area contributed by atoms with Crippen molar-refractivity contribution in [1.29, 1.82) is 0 Å². The van der Waals surface area contributed by atoms with Gasteiger partial charge in [-0.3, -0.25) is 10.1 Å². The standard InChI is InChI=1S/C12H16N2O6/c1-6-2-3-8(14(18)19)7(4-6)13-12-11(17)10(16)9(5-15)20-12/h2-4,9-13,15-17H,5H2,1H3/t9-,10+,11+,12+/m0/s1. The summed E-state index contributed by atoms with van der Waals surface area (Å²) in [5.74, 6) is 0. The zero-order chi connectivity index (χ0) is 14.9. The van der Waals surface area contributed by atoms with Gasteiger partial charge in [0.05, 0.1) is 11.5 Å². The minimum Gasteiger partial charge on any atom is -0.394 e. The Bertz CT molecular complexity index is 509. The Morgan fingerprint density at radius 3 is 2.65 bits per heavy atom. The van der Waals surface area contributed by atoms with Crippen LogP contribution in [0.25, 0.3) is 0 Å². The molecular weight excluding hydrogens is 268 g/mol. The first-order valence-corrected chi connectivity index (χ1v) is 6.08. The van der Waals surface area contributed by atoms with Crippen LogP contribution in [0.4, 0.5) is 11.4 Å². The number of aliphatic hydroxyl groups excluding tert-OH is 3. The lowest BCUT2D eigenvalue weighted by Gasteiger charge is -2.17. The lowest BCUT2D eigenvalue weighted by atomic mass is 10.1. The average molecular weight is 284 g/mol. The molecule has 0 amide bonds. The summed E-state index contributed by atoms with van der Waals surface area (Å²) in [7, 11) is 0. The predicted octanol–water partition coefficient (Wildman–Crippen LogP) is -0.246. The molecule has 4 atom stereocenters. The van der Waals surface area contributed by atoms with E-state index in [9.17, 15) is 20.3 Å². The molecular formula is C12H16N2O6. The maximum Gasteiger partial charge on any atom is 0.292 e. The third kappa shape index (κ3) is 2.73. The molecule has 1 heterocycles. The molecule has 110 valence electrons. The van der Waals surface area contributed by atoms with E-state index in [-0.39, 0.29) is 11.4 Å². The van der Waals surface area contributed by atoms with E-state index in [4.69, 9.17) is 9.84 Å². The zero-order valence-corrected chi connectivity index (χ0v) is 10.8. The summed E-state index contributed by atoms with van der Waals surface area (Å²) in [6, 6.07) is 4.49. The fourth-order valence-electron chi connectivity index (χ4n) is 2.10. The van der Waals surface area contributed by atoms with Crippen molar-refractivity contribution in [1.82, 2.24) is 0 Å². The number of aryl methyl sites for hydroxylation is 1. The van der Waals surface area contributed by atoms with Gasteiger partial charge in [-0.15, -0.1) is 0 Å². The van der Waals surface area contributed by atoms with Gasteiger partial charge in [0, 0.05) is 6.07 Å². The number of benzene rings is 1. The summed E-state index contributed by atoms with van der Waals surface area (Å²) >= 11 is 0. The van der Waals surface area contributed by atoms with Gasteiger partial charge in [-0.05, 0) is 18.6 Å². The smallest absolute Gasteiger partial charge is 0.292 e. The van der Waals surface area contributed by atoms with Crippen molar-refractivity contribution in [3.63, 3.8) is 0 Å². The van der Waals surface area contributed by atoms with Crippen LogP contribution in [0.5, 0.6) is 0 Å². The maximum absolute atomic E-state index is 10.9. The number of nitrogens with one attached hydrogen (secondary N) is 1. The van der Waals surface area contributed by atoms with E-state index in [0.29, 0.717) is 0 Å². The lowest BCUT2D eigenvalue weighted by Crippen LogP contribution is -2.36. The van der Waals surface area contributed by atoms with Crippen LogP contribution in [-0.2, 0) is 4.74 Å². The van der Waals surface area contributed by atoms with Crippen LogP contribution < -0.4 is 5.32 Å². The molecule has 1 aliphatic rings. The number of ether oxygens (including phenoxy) is 1. The van der Waals surface area contributed by atoms with Gasteiger partial charge in [0.2, 0.25) is 0 Å². The van der Waals surface area contributed by atoms with Gasteiger partial charge >= 0.3 is 0 Å². The van der Waals surface area contributed by atoms with Crippen molar-refractivity contribution in [2.24, 2.45) is 0 Å². The molecule has 0 saturated carbocycles. The van der Waals surface area contributed by atoms with Crippen molar-refractivity contribution >= 4 is 11.4 Å². The maximum atomic E-state index is 10.9. The number of hydrogen-bond donors (Lipinski definition) is 4. The summed E-state index contributed by atoms with van der Waals surface area (Å²) in [5, 5.41) is 42.1. The number of rotatable bonds is 4. The van der Waals surface area contributed by atoms with Gasteiger partial charge in [0.15, 0.2) is 6.23 Å². The fraction of sp³-hybridized carbons (Fsp3) is 0.500. The van der Waals surface area contributed by atoms with E-state index in [2.05, 4.69) is 5.32 Å². The first kappa shape index (κ1) is 14.7. The fourth-order valence-corrected chi connectivity index (χ4v) is 2.10. The highest BCUT2D eigenvalue weighted by atomic mass is 16.6. The molecule has 1 saturated heterocycles. The molecule has 1 aromatic carbocycles. The molecule has 0 radical (unpaired) electrons. The molecule has 1 fully saturated rings. The number of aliphatic hydroxyl groups is 3. The van der Waals surface area contributed by atoms with Crippen molar-refractivity contribution in [3.8, 4) is 0 Å². The highest BCUT2D eigenvalue weighted by molar-refractivity contribution is 5.63. The molecule has 8 heteroatoms. The normalized spacial score (nSPS) is 29.4. The molecule has 4 N–H and O–H groups in total. The molecule has 0 unspecified atom stereocenters. The van der Waals surface area contributed by atoms with Gasteiger partial charge in [0.25, 0.3) is 5.69 Å². The topological polar surface area (TPSA) is 125 Å². The Balaban J connectivity index is 2.22. The summed E-state index contributed by atoms with van der Waals surface area (Å²) in [6.07, 6.45) is -4.48. The molecule has 0 aromatic heterocycles. The van der Waals surface area contributed by atoms with Crippen LogP contribution in [0.15, 0.2) is 18.2 Å². The number of hydrogen-bond acceptors (Lipinski definition) is 7. The SMILES string of the molecule is Cc1ccc([N+](=O)[O-])c(N[C@@H]2O[C@@H](CO)[C@@H](O)[C@H]2O)c1. The van der Waals surface area contributed by atoms with Gasteiger partial charge in [0.1, 0.15) is 24.0 Å². The van der Waals surface area contributed by atoms with Crippen LogP contribution in [-0.4, -0.2) is 51.4 Å². The summed E-state index contributed by atoms with van der Waals surface area (Å²) in [5.41, 5.74) is 0.822. The van der Waals surface area contributed by atoms with Crippen LogP contribution in [0.3, 0.4) is 0 Å². The summed E-state index contributed by atoms with van der Waals surface area (Å²) in [6.45, 7) is 1.32. The lowest BCUT2D eigenvalue weighted by molar-refractivity contribution is -0.384. The van der Waals surface area contributed by atoms with Gasteiger partial charge in [-0.25, -0.2) is 0 Å². The van der Waals surface area contributed by atoms with Crippen LogP contribution in [0, 0.1) is 17.0 Å². The van der Waals surface area contributed by atoms with E-state index in [1.54, 1.807) is 19.1 Å². The summed E-state index contributed by atoms with van der Waals surface area (Å²) in [4.78, 5) is 10.4. The second-order valence-electron chi connectivity index (χ2n) is 4.68. The molecule has 0 aliphatic carbocycles. The Labute approximate surface area is 114 Å². The molecule has 0 spiro atoms. The van der Waals surface area contributed by atoms with E-state index in [1.165, 1.54) is 6.07 Å². The number of nitro groups is 1. The number of nitrogens with zero attached hydrogens (tertiary/aromatic N) is 1. The summed E-state index contributed by atoms with van der Waals surface area (Å²) < 4.78 is 5.23. The number of anilines is 1. The van der Waals surface area contributed by atoms with Crippen molar-refractivity contribution < 1.29 is 25.0 Å². The number of nitro benzene ring substituents is 1. The molecule has 0 bridgehead atoms. The predicted molar refractivity (Wildman–Crippen MR) is 69.2 cm³/mol. The van der Waals surface area contributed by atoms with Crippen LogP contribution in [0.1, 0.15) is 5.56 Å². The molecule has 1 aromatic rings. The first-order chi connectivity index (χ1) is 9.43. The molecule has 8 nitrogen and oxygen atoms in total. The van der Waals surface area contributed by atoms with Crippen molar-refractivity contribution in [2.75, 3.05) is 11.9 Å². The highest BCUT2D eigenvalue weighted by Crippen LogP contribution is 2.29. The Kier molecular flexibility index (Phi) is 4.19. The van der Waals surface area contributed by atoms with Crippen LogP contribution >= 0.6 is 0 Å². The van der Waals surface area contributed by atoms with E-state index < -0.39 is 36.1 Å². The van der Waals surface area contributed by atoms with Gasteiger partial charge < -0.3 is 25.4 Å². The van der Waals surface area contributed by atoms with Crippen molar-refractivity contribution in [3.05, 3.63) is 33.9 Å². The zero-order valence-electron chi connectivity index (χ0n) is 10.8. The minimum atomic E-state index is -1.28. The Morgan fingerprint density at radius 1 is 1.40 bits per heavy atom. The van der Waals surface area contributed by atoms with E-state index >= 15 is 0 Å². The quantitative estimate of drug-likeness (QED) is 0.444. The second-order valence-corrected chi connectivity index (χ2v) is 4.68. The minimum absolute atomic E-state index is 0.159. The Hall–Kier alpha value is -1.74. The average Bonchev–Trinajstić information content (AvgIpc) is 2.66. The molecule has 20 heavy (non-hydrogen) atoms. The van der Waals surface area contributed by atoms with Gasteiger partial charge in [-0.1, -0.05) is 6.07 Å². The van der Waals surface area contributed by atoms with Gasteiger partial charge in [-0.2, -0.15) is 0 Å². The Morgan fingerprint density at radius 2 is 2.10 bits per heavy atom. The third-order valence-electron chi connectivity index (χ3n) is 3.19. The third-order valence-corrected chi connectivity index (χ3v) is 3.19.